The fourth-order valence-corrected chi connectivity index (χ4v) is 1.86. The van der Waals surface area contributed by atoms with Crippen LogP contribution in [0.15, 0.2) is 36.4 Å². The Bertz CT molecular complexity index is 632. The van der Waals surface area contributed by atoms with E-state index in [1.54, 1.807) is 24.3 Å². The van der Waals surface area contributed by atoms with Crippen molar-refractivity contribution in [1.29, 1.82) is 0 Å². The zero-order chi connectivity index (χ0) is 16.2. The molecule has 0 aliphatic carbocycles. The molecule has 1 heterocycles. The van der Waals surface area contributed by atoms with E-state index in [-0.39, 0.29) is 19.1 Å². The van der Waals surface area contributed by atoms with Crippen LogP contribution in [-0.4, -0.2) is 15.4 Å². The van der Waals surface area contributed by atoms with Gasteiger partial charge in [0, 0.05) is 5.02 Å². The predicted molar refractivity (Wildman–Crippen MR) is 85.7 cm³/mol. The fraction of sp³-hybridized carbons (Fsp3) is 0.214. The first-order valence-electron chi connectivity index (χ1n) is 6.07. The van der Waals surface area contributed by atoms with Crippen molar-refractivity contribution in [3.05, 3.63) is 52.9 Å². The standard InChI is InChI=1S/C14H10Cl4FNO2/c15-9-1-4-11(5-2-9)22-13-12(19)6-3-10(20-13)7-21-8-14(16,17)18/h1-6H,7-8H2. The van der Waals surface area contributed by atoms with Crippen molar-refractivity contribution in [2.45, 2.75) is 10.4 Å². The Labute approximate surface area is 146 Å². The average molecular weight is 385 g/mol. The first-order chi connectivity index (χ1) is 10.3. The van der Waals surface area contributed by atoms with Gasteiger partial charge in [0.25, 0.3) is 5.88 Å². The van der Waals surface area contributed by atoms with Gasteiger partial charge < -0.3 is 9.47 Å². The van der Waals surface area contributed by atoms with E-state index in [0.717, 1.165) is 0 Å². The molecule has 3 nitrogen and oxygen atoms in total. The summed E-state index contributed by atoms with van der Waals surface area (Å²) in [6, 6.07) is 9.16. The van der Waals surface area contributed by atoms with Crippen molar-refractivity contribution < 1.29 is 13.9 Å². The summed E-state index contributed by atoms with van der Waals surface area (Å²) in [6.45, 7) is -0.0464. The van der Waals surface area contributed by atoms with Gasteiger partial charge in [0.15, 0.2) is 5.82 Å². The van der Waals surface area contributed by atoms with E-state index in [1.807, 2.05) is 0 Å². The molecule has 0 bridgehead atoms. The highest BCUT2D eigenvalue weighted by molar-refractivity contribution is 6.67. The van der Waals surface area contributed by atoms with Crippen LogP contribution >= 0.6 is 46.4 Å². The summed E-state index contributed by atoms with van der Waals surface area (Å²) in [5.41, 5.74) is 0.444. The lowest BCUT2D eigenvalue weighted by Gasteiger charge is -2.12. The summed E-state index contributed by atoms with van der Waals surface area (Å²) < 4.78 is 22.8. The molecule has 0 spiro atoms. The summed E-state index contributed by atoms with van der Waals surface area (Å²) in [6.07, 6.45) is 0. The molecule has 2 aromatic rings. The molecule has 0 unspecified atom stereocenters. The Morgan fingerprint density at radius 2 is 1.73 bits per heavy atom. The molecular formula is C14H10Cl4FNO2. The zero-order valence-electron chi connectivity index (χ0n) is 11.0. The quantitative estimate of drug-likeness (QED) is 0.633. The minimum Gasteiger partial charge on any atom is -0.436 e. The molecule has 118 valence electrons. The van der Waals surface area contributed by atoms with Crippen LogP contribution in [0.3, 0.4) is 0 Å². The van der Waals surface area contributed by atoms with Gasteiger partial charge in [-0.25, -0.2) is 9.37 Å². The summed E-state index contributed by atoms with van der Waals surface area (Å²) in [4.78, 5) is 4.03. The van der Waals surface area contributed by atoms with Crippen LogP contribution in [0.1, 0.15) is 5.69 Å². The molecule has 0 aliphatic heterocycles. The molecule has 0 N–H and O–H groups in total. The Kier molecular flexibility index (Phi) is 6.12. The molecule has 0 fully saturated rings. The van der Waals surface area contributed by atoms with Gasteiger partial charge in [0.1, 0.15) is 5.75 Å². The lowest BCUT2D eigenvalue weighted by Crippen LogP contribution is -2.13. The number of nitrogens with zero attached hydrogens (tertiary/aromatic N) is 1. The minimum atomic E-state index is -1.51. The van der Waals surface area contributed by atoms with Gasteiger partial charge in [-0.05, 0) is 36.4 Å². The number of hydrogen-bond acceptors (Lipinski definition) is 3. The molecule has 2 rings (SSSR count). The van der Waals surface area contributed by atoms with E-state index >= 15 is 0 Å². The van der Waals surface area contributed by atoms with Crippen molar-refractivity contribution in [3.8, 4) is 11.6 Å². The van der Waals surface area contributed by atoms with E-state index in [4.69, 9.17) is 55.9 Å². The molecule has 0 amide bonds. The lowest BCUT2D eigenvalue weighted by molar-refractivity contribution is 0.122. The molecule has 22 heavy (non-hydrogen) atoms. The smallest absolute Gasteiger partial charge is 0.256 e. The third-order valence-corrected chi connectivity index (χ3v) is 2.99. The first-order valence-corrected chi connectivity index (χ1v) is 7.58. The Morgan fingerprint density at radius 3 is 2.36 bits per heavy atom. The van der Waals surface area contributed by atoms with Gasteiger partial charge in [-0.2, -0.15) is 0 Å². The van der Waals surface area contributed by atoms with Crippen LogP contribution in [0.5, 0.6) is 11.6 Å². The van der Waals surface area contributed by atoms with Crippen LogP contribution in [0.2, 0.25) is 5.02 Å². The Hall–Kier alpha value is -0.780. The predicted octanol–water partition coefficient (Wildman–Crippen LogP) is 5.55. The molecule has 8 heteroatoms. The van der Waals surface area contributed by atoms with Crippen molar-refractivity contribution in [2.75, 3.05) is 6.61 Å². The number of rotatable bonds is 5. The maximum atomic E-state index is 13.7. The third kappa shape index (κ3) is 5.78. The van der Waals surface area contributed by atoms with Gasteiger partial charge in [0.2, 0.25) is 3.79 Å². The van der Waals surface area contributed by atoms with Gasteiger partial charge in [-0.3, -0.25) is 0 Å². The van der Waals surface area contributed by atoms with E-state index in [2.05, 4.69) is 4.98 Å². The Morgan fingerprint density at radius 1 is 1.05 bits per heavy atom. The number of pyridine rings is 1. The molecule has 0 radical (unpaired) electrons. The second-order valence-corrected chi connectivity index (χ2v) is 7.21. The van der Waals surface area contributed by atoms with Gasteiger partial charge in [0.05, 0.1) is 18.9 Å². The number of benzene rings is 1. The summed E-state index contributed by atoms with van der Waals surface area (Å²) in [5, 5.41) is 0.551. The van der Waals surface area contributed by atoms with Crippen LogP contribution in [0, 0.1) is 5.82 Å². The summed E-state index contributed by atoms with van der Waals surface area (Å²) >= 11 is 22.5. The molecule has 0 saturated heterocycles. The molecule has 1 aromatic carbocycles. The van der Waals surface area contributed by atoms with Crippen molar-refractivity contribution in [3.63, 3.8) is 0 Å². The van der Waals surface area contributed by atoms with Crippen LogP contribution < -0.4 is 4.74 Å². The topological polar surface area (TPSA) is 31.4 Å². The number of ether oxygens (including phenoxy) is 2. The van der Waals surface area contributed by atoms with E-state index in [0.29, 0.717) is 16.5 Å². The highest BCUT2D eigenvalue weighted by Crippen LogP contribution is 2.27. The van der Waals surface area contributed by atoms with E-state index in [1.165, 1.54) is 12.1 Å². The molecular weight excluding hydrogens is 375 g/mol. The van der Waals surface area contributed by atoms with Gasteiger partial charge in [-0.1, -0.05) is 46.4 Å². The molecule has 1 aromatic heterocycles. The normalized spacial score (nSPS) is 11.5. The van der Waals surface area contributed by atoms with Crippen molar-refractivity contribution in [2.24, 2.45) is 0 Å². The first kappa shape index (κ1) is 17.6. The maximum absolute atomic E-state index is 13.7. The van der Waals surface area contributed by atoms with Crippen LogP contribution in [0.25, 0.3) is 0 Å². The van der Waals surface area contributed by atoms with Gasteiger partial charge >= 0.3 is 0 Å². The van der Waals surface area contributed by atoms with E-state index in [9.17, 15) is 4.39 Å². The molecule has 0 atom stereocenters. The van der Waals surface area contributed by atoms with Crippen LogP contribution in [-0.2, 0) is 11.3 Å². The maximum Gasteiger partial charge on any atom is 0.256 e. The SMILES string of the molecule is Fc1ccc(COCC(Cl)(Cl)Cl)nc1Oc1ccc(Cl)cc1. The highest BCUT2D eigenvalue weighted by Gasteiger charge is 2.19. The van der Waals surface area contributed by atoms with E-state index < -0.39 is 9.61 Å². The van der Waals surface area contributed by atoms with Gasteiger partial charge in [-0.15, -0.1) is 0 Å². The minimum absolute atomic E-state index is 0.0607. The largest absolute Gasteiger partial charge is 0.436 e. The second kappa shape index (κ2) is 7.66. The highest BCUT2D eigenvalue weighted by atomic mass is 35.6. The summed E-state index contributed by atoms with van der Waals surface area (Å²) in [7, 11) is 0. The number of alkyl halides is 3. The lowest BCUT2D eigenvalue weighted by atomic mass is 10.3. The van der Waals surface area contributed by atoms with Crippen LogP contribution in [0.4, 0.5) is 4.39 Å². The fourth-order valence-electron chi connectivity index (χ4n) is 1.50. The van der Waals surface area contributed by atoms with Crippen molar-refractivity contribution >= 4 is 46.4 Å². The third-order valence-electron chi connectivity index (χ3n) is 2.42. The Balaban J connectivity index is 2.05. The number of aromatic nitrogens is 1. The van der Waals surface area contributed by atoms with Crippen molar-refractivity contribution in [1.82, 2.24) is 4.98 Å². The molecule has 0 saturated carbocycles. The zero-order valence-corrected chi connectivity index (χ0v) is 14.1. The average Bonchev–Trinajstić information content (AvgIpc) is 2.43. The molecule has 0 aliphatic rings. The second-order valence-electron chi connectivity index (χ2n) is 4.25. The number of hydrogen-bond donors (Lipinski definition) is 0. The number of halogens is 5. The monoisotopic (exact) mass is 383 g/mol. The summed E-state index contributed by atoms with van der Waals surface area (Å²) in [5.74, 6) is -0.354.